The van der Waals surface area contributed by atoms with Crippen molar-refractivity contribution in [1.29, 1.82) is 0 Å². The van der Waals surface area contributed by atoms with Gasteiger partial charge in [0.15, 0.2) is 0 Å². The van der Waals surface area contributed by atoms with Crippen molar-refractivity contribution in [2.24, 2.45) is 0 Å². The van der Waals surface area contributed by atoms with Crippen molar-refractivity contribution in [2.45, 2.75) is 33.0 Å². The van der Waals surface area contributed by atoms with E-state index in [-0.39, 0.29) is 0 Å². The van der Waals surface area contributed by atoms with Gasteiger partial charge in [0.05, 0.1) is 5.56 Å². The second-order valence-electron chi connectivity index (χ2n) is 3.97. The zero-order chi connectivity index (χ0) is 13.1. The maximum Gasteiger partial charge on any atom is 0.416 e. The number of halogens is 3. The summed E-state index contributed by atoms with van der Waals surface area (Å²) in [4.78, 5) is 2.03. The first kappa shape index (κ1) is 14.0. The number of likely N-dealkylation sites (N-methyl/N-ethyl adjacent to an activating group) is 1. The Balaban J connectivity index is 0.000000686. The fourth-order valence-corrected chi connectivity index (χ4v) is 1.87. The molecule has 0 saturated carbocycles. The third-order valence-electron chi connectivity index (χ3n) is 2.74. The minimum atomic E-state index is -4.23. The van der Waals surface area contributed by atoms with Gasteiger partial charge in [-0.3, -0.25) is 0 Å². The molecule has 17 heavy (non-hydrogen) atoms. The highest BCUT2D eigenvalue weighted by Gasteiger charge is 2.31. The Morgan fingerprint density at radius 3 is 2.35 bits per heavy atom. The Labute approximate surface area is 100 Å². The Morgan fingerprint density at radius 2 is 1.76 bits per heavy atom. The van der Waals surface area contributed by atoms with Crippen molar-refractivity contribution in [3.05, 3.63) is 34.9 Å². The summed E-state index contributed by atoms with van der Waals surface area (Å²) >= 11 is 0. The van der Waals surface area contributed by atoms with Crippen LogP contribution in [0.2, 0.25) is 0 Å². The predicted molar refractivity (Wildman–Crippen MR) is 62.8 cm³/mol. The third kappa shape index (κ3) is 3.46. The number of fused-ring (bicyclic) bond motifs is 1. The van der Waals surface area contributed by atoms with E-state index >= 15 is 0 Å². The first-order chi connectivity index (χ1) is 7.97. The molecule has 0 unspecified atom stereocenters. The molecule has 1 aromatic carbocycles. The molecule has 0 saturated heterocycles. The van der Waals surface area contributed by atoms with Crippen LogP contribution in [0.5, 0.6) is 0 Å². The fourth-order valence-electron chi connectivity index (χ4n) is 1.87. The zero-order valence-electron chi connectivity index (χ0n) is 10.4. The topological polar surface area (TPSA) is 3.24 Å². The average Bonchev–Trinajstić information content (AvgIpc) is 2.29. The minimum Gasteiger partial charge on any atom is -0.302 e. The van der Waals surface area contributed by atoms with E-state index in [1.54, 1.807) is 6.07 Å². The molecule has 0 aromatic heterocycles. The summed E-state index contributed by atoms with van der Waals surface area (Å²) in [5.74, 6) is 0. The van der Waals surface area contributed by atoms with Gasteiger partial charge in [0.1, 0.15) is 0 Å². The molecule has 1 aliphatic rings. The summed E-state index contributed by atoms with van der Waals surface area (Å²) in [6.45, 7) is 5.53. The second kappa shape index (κ2) is 5.54. The Bertz CT molecular complexity index is 371. The van der Waals surface area contributed by atoms with Crippen LogP contribution in [-0.2, 0) is 19.1 Å². The molecule has 0 bridgehead atoms. The van der Waals surface area contributed by atoms with Crippen molar-refractivity contribution in [2.75, 3.05) is 13.6 Å². The Hall–Kier alpha value is -1.03. The molecule has 4 heteroatoms. The lowest BCUT2D eigenvalue weighted by molar-refractivity contribution is -0.137. The van der Waals surface area contributed by atoms with E-state index in [4.69, 9.17) is 0 Å². The number of hydrogen-bond acceptors (Lipinski definition) is 1. The monoisotopic (exact) mass is 245 g/mol. The van der Waals surface area contributed by atoms with Crippen molar-refractivity contribution in [3.8, 4) is 0 Å². The van der Waals surface area contributed by atoms with Crippen LogP contribution in [0.4, 0.5) is 13.2 Å². The Kier molecular flexibility index (Phi) is 4.57. The van der Waals surface area contributed by atoms with E-state index in [1.807, 2.05) is 25.8 Å². The van der Waals surface area contributed by atoms with Crippen LogP contribution in [-0.4, -0.2) is 18.5 Å². The van der Waals surface area contributed by atoms with Gasteiger partial charge in [-0.1, -0.05) is 19.9 Å². The van der Waals surface area contributed by atoms with Crippen LogP contribution < -0.4 is 0 Å². The van der Waals surface area contributed by atoms with Crippen LogP contribution in [0.1, 0.15) is 30.5 Å². The van der Waals surface area contributed by atoms with Crippen molar-refractivity contribution in [3.63, 3.8) is 0 Å². The molecular formula is C13H18F3N. The van der Waals surface area contributed by atoms with Gasteiger partial charge in [-0.25, -0.2) is 0 Å². The van der Waals surface area contributed by atoms with Crippen LogP contribution in [0.25, 0.3) is 0 Å². The molecule has 0 radical (unpaired) electrons. The summed E-state index contributed by atoms with van der Waals surface area (Å²) in [6.07, 6.45) is -3.39. The zero-order valence-corrected chi connectivity index (χ0v) is 10.4. The predicted octanol–water partition coefficient (Wildman–Crippen LogP) is 3.72. The summed E-state index contributed by atoms with van der Waals surface area (Å²) in [5, 5.41) is 0. The quantitative estimate of drug-likeness (QED) is 0.673. The van der Waals surface area contributed by atoms with Gasteiger partial charge in [-0.05, 0) is 36.7 Å². The van der Waals surface area contributed by atoms with Crippen molar-refractivity contribution in [1.82, 2.24) is 4.90 Å². The van der Waals surface area contributed by atoms with Crippen LogP contribution in [0.15, 0.2) is 18.2 Å². The molecule has 1 aliphatic heterocycles. The molecule has 2 rings (SSSR count). The standard InChI is InChI=1S/C11H12F3N.C2H6/c1-15-5-4-8-2-3-10(11(12,13)14)6-9(8)7-15;1-2/h2-3,6H,4-5,7H2,1H3;1-2H3. The summed E-state index contributed by atoms with van der Waals surface area (Å²) in [6, 6.07) is 4.04. The maximum atomic E-state index is 12.4. The molecule has 96 valence electrons. The van der Waals surface area contributed by atoms with Crippen molar-refractivity contribution >= 4 is 0 Å². The van der Waals surface area contributed by atoms with Crippen molar-refractivity contribution < 1.29 is 13.2 Å². The summed E-state index contributed by atoms with van der Waals surface area (Å²) < 4.78 is 37.3. The van der Waals surface area contributed by atoms with Crippen LogP contribution in [0.3, 0.4) is 0 Å². The van der Waals surface area contributed by atoms with Gasteiger partial charge < -0.3 is 4.90 Å². The van der Waals surface area contributed by atoms with Gasteiger partial charge >= 0.3 is 6.18 Å². The molecule has 0 spiro atoms. The lowest BCUT2D eigenvalue weighted by Crippen LogP contribution is -2.26. The van der Waals surface area contributed by atoms with E-state index in [9.17, 15) is 13.2 Å². The van der Waals surface area contributed by atoms with E-state index in [0.717, 1.165) is 24.1 Å². The lowest BCUT2D eigenvalue weighted by atomic mass is 9.97. The SMILES string of the molecule is CC.CN1CCc2ccc(C(F)(F)F)cc2C1. The van der Waals surface area contributed by atoms with E-state index in [0.29, 0.717) is 6.54 Å². The van der Waals surface area contributed by atoms with Gasteiger partial charge in [0, 0.05) is 13.1 Å². The average molecular weight is 245 g/mol. The summed E-state index contributed by atoms with van der Waals surface area (Å²) in [5.41, 5.74) is 1.30. The van der Waals surface area contributed by atoms with E-state index < -0.39 is 11.7 Å². The minimum absolute atomic E-state index is 0.545. The lowest BCUT2D eigenvalue weighted by Gasteiger charge is -2.25. The van der Waals surface area contributed by atoms with Gasteiger partial charge in [0.2, 0.25) is 0 Å². The second-order valence-corrected chi connectivity index (χ2v) is 3.97. The molecule has 1 aromatic rings. The van der Waals surface area contributed by atoms with Crippen LogP contribution in [0, 0.1) is 0 Å². The van der Waals surface area contributed by atoms with Gasteiger partial charge in [-0.15, -0.1) is 0 Å². The molecule has 1 heterocycles. The number of benzene rings is 1. The summed E-state index contributed by atoms with van der Waals surface area (Å²) in [7, 11) is 1.92. The van der Waals surface area contributed by atoms with E-state index in [2.05, 4.69) is 0 Å². The normalized spacial score (nSPS) is 15.9. The smallest absolute Gasteiger partial charge is 0.302 e. The van der Waals surface area contributed by atoms with Gasteiger partial charge in [-0.2, -0.15) is 13.2 Å². The number of hydrogen-bond donors (Lipinski definition) is 0. The highest BCUT2D eigenvalue weighted by atomic mass is 19.4. The number of nitrogens with zero attached hydrogens (tertiary/aromatic N) is 1. The molecule has 0 amide bonds. The first-order valence-corrected chi connectivity index (χ1v) is 5.84. The van der Waals surface area contributed by atoms with E-state index in [1.165, 1.54) is 12.1 Å². The number of alkyl halides is 3. The molecule has 0 fully saturated rings. The largest absolute Gasteiger partial charge is 0.416 e. The highest BCUT2D eigenvalue weighted by molar-refractivity contribution is 5.34. The maximum absolute atomic E-state index is 12.4. The third-order valence-corrected chi connectivity index (χ3v) is 2.74. The first-order valence-electron chi connectivity index (χ1n) is 5.84. The van der Waals surface area contributed by atoms with Crippen LogP contribution >= 0.6 is 0 Å². The molecule has 0 aliphatic carbocycles. The fraction of sp³-hybridized carbons (Fsp3) is 0.538. The molecule has 1 nitrogen and oxygen atoms in total. The highest BCUT2D eigenvalue weighted by Crippen LogP contribution is 2.31. The Morgan fingerprint density at radius 1 is 1.12 bits per heavy atom. The molecular weight excluding hydrogens is 227 g/mol. The molecule has 0 atom stereocenters. The number of rotatable bonds is 0. The van der Waals surface area contributed by atoms with Gasteiger partial charge in [0.25, 0.3) is 0 Å². The molecule has 0 N–H and O–H groups in total.